The highest BCUT2D eigenvalue weighted by atomic mass is 32.1. The Kier molecular flexibility index (Phi) is 6.57. The standard InChI is InChI=1S/C49H31NS2/c1-3-15-32(16-4-1)49(33-17-5-2-6-18-33)40-23-10-7-21-39(40)47-41(49)24-14-25-42(47)50(34-29-30-37-35-19-8-11-27-44(35)51-46(37)31-34)43-26-13-22-38-36-20-9-12-28-45(36)52-48(38)43/h1-31H. The van der Waals surface area contributed by atoms with Gasteiger partial charge in [-0.05, 0) is 64.2 Å². The van der Waals surface area contributed by atoms with Crippen molar-refractivity contribution in [3.8, 4) is 11.1 Å². The molecule has 1 nitrogen and oxygen atoms in total. The van der Waals surface area contributed by atoms with E-state index in [2.05, 4.69) is 193 Å². The minimum Gasteiger partial charge on any atom is -0.308 e. The van der Waals surface area contributed by atoms with Crippen LogP contribution in [-0.2, 0) is 5.41 Å². The summed E-state index contributed by atoms with van der Waals surface area (Å²) in [4.78, 5) is 2.54. The Bertz CT molecular complexity index is 2930. The van der Waals surface area contributed by atoms with Crippen molar-refractivity contribution >= 4 is 80.1 Å². The van der Waals surface area contributed by atoms with Crippen molar-refractivity contribution < 1.29 is 0 Å². The van der Waals surface area contributed by atoms with Crippen LogP contribution in [0.2, 0.25) is 0 Å². The second kappa shape index (κ2) is 11.5. The van der Waals surface area contributed by atoms with Crippen molar-refractivity contribution in [2.45, 2.75) is 5.41 Å². The maximum Gasteiger partial charge on any atom is 0.0714 e. The summed E-state index contributed by atoms with van der Waals surface area (Å²) < 4.78 is 5.21. The highest BCUT2D eigenvalue weighted by Crippen LogP contribution is 2.60. The molecule has 1 aliphatic rings. The number of thiophene rings is 2. The summed E-state index contributed by atoms with van der Waals surface area (Å²) in [5, 5.41) is 5.22. The van der Waals surface area contributed by atoms with Gasteiger partial charge in [-0.1, -0.05) is 152 Å². The summed E-state index contributed by atoms with van der Waals surface area (Å²) in [7, 11) is 0. The average molecular weight is 698 g/mol. The third-order valence-electron chi connectivity index (χ3n) is 10.9. The van der Waals surface area contributed by atoms with Crippen LogP contribution in [0.25, 0.3) is 51.5 Å². The van der Waals surface area contributed by atoms with Crippen LogP contribution in [0.3, 0.4) is 0 Å². The topological polar surface area (TPSA) is 3.24 Å². The molecule has 10 aromatic rings. The number of anilines is 3. The first kappa shape index (κ1) is 29.7. The van der Waals surface area contributed by atoms with Crippen LogP contribution in [-0.4, -0.2) is 0 Å². The minimum atomic E-state index is -0.477. The number of nitrogens with zero attached hydrogens (tertiary/aromatic N) is 1. The van der Waals surface area contributed by atoms with Crippen molar-refractivity contribution in [3.05, 3.63) is 210 Å². The van der Waals surface area contributed by atoms with Crippen LogP contribution in [0.1, 0.15) is 22.3 Å². The number of benzene rings is 8. The second-order valence-electron chi connectivity index (χ2n) is 13.6. The SMILES string of the molecule is c1ccc(C2(c3ccccc3)c3ccccc3-c3c(N(c4ccc5c(c4)sc4ccccc45)c4cccc5c4sc4ccccc45)cccc32)cc1. The normalized spacial score (nSPS) is 13.2. The summed E-state index contributed by atoms with van der Waals surface area (Å²) >= 11 is 3.76. The van der Waals surface area contributed by atoms with Gasteiger partial charge >= 0.3 is 0 Å². The Labute approximate surface area is 310 Å². The predicted molar refractivity (Wildman–Crippen MR) is 224 cm³/mol. The van der Waals surface area contributed by atoms with Crippen LogP contribution < -0.4 is 4.90 Å². The Morgan fingerprint density at radius 1 is 0.385 bits per heavy atom. The summed E-state index contributed by atoms with van der Waals surface area (Å²) in [6.07, 6.45) is 0. The molecule has 11 rings (SSSR count). The Balaban J connectivity index is 1.26. The lowest BCUT2D eigenvalue weighted by Gasteiger charge is -2.34. The van der Waals surface area contributed by atoms with Crippen molar-refractivity contribution in [1.29, 1.82) is 0 Å². The molecule has 3 heteroatoms. The summed E-state index contributed by atoms with van der Waals surface area (Å²) in [5.74, 6) is 0. The van der Waals surface area contributed by atoms with Crippen LogP contribution in [0.4, 0.5) is 17.1 Å². The maximum absolute atomic E-state index is 2.54. The zero-order valence-corrected chi connectivity index (χ0v) is 29.8. The van der Waals surface area contributed by atoms with Crippen LogP contribution in [0, 0.1) is 0 Å². The molecule has 8 aromatic carbocycles. The molecule has 1 aliphatic carbocycles. The van der Waals surface area contributed by atoms with E-state index in [0.717, 1.165) is 5.69 Å². The van der Waals surface area contributed by atoms with Gasteiger partial charge in [-0.25, -0.2) is 0 Å². The Hall–Kier alpha value is -6.00. The third-order valence-corrected chi connectivity index (χ3v) is 13.3. The maximum atomic E-state index is 2.54. The number of rotatable bonds is 5. The van der Waals surface area contributed by atoms with E-state index in [4.69, 9.17) is 0 Å². The van der Waals surface area contributed by atoms with E-state index in [1.807, 2.05) is 22.7 Å². The van der Waals surface area contributed by atoms with Gasteiger partial charge in [0.05, 0.1) is 21.5 Å². The Morgan fingerprint density at radius 3 is 1.71 bits per heavy atom. The third kappa shape index (κ3) is 4.15. The molecule has 0 spiro atoms. The molecular formula is C49H31NS2. The first-order valence-electron chi connectivity index (χ1n) is 17.8. The fourth-order valence-corrected chi connectivity index (χ4v) is 11.2. The van der Waals surface area contributed by atoms with Crippen LogP contribution in [0.5, 0.6) is 0 Å². The van der Waals surface area contributed by atoms with E-state index in [1.165, 1.54) is 85.1 Å². The van der Waals surface area contributed by atoms with Crippen LogP contribution in [0.15, 0.2) is 188 Å². The molecule has 244 valence electrons. The second-order valence-corrected chi connectivity index (χ2v) is 15.7. The van der Waals surface area contributed by atoms with Gasteiger partial charge in [0, 0.05) is 46.9 Å². The molecule has 0 N–H and O–H groups in total. The van der Waals surface area contributed by atoms with Gasteiger partial charge in [0.15, 0.2) is 0 Å². The molecule has 0 unspecified atom stereocenters. The van der Waals surface area contributed by atoms with Crippen molar-refractivity contribution in [2.24, 2.45) is 0 Å². The molecule has 2 heterocycles. The molecule has 0 aliphatic heterocycles. The fraction of sp³-hybridized carbons (Fsp3) is 0.0204. The molecule has 0 radical (unpaired) electrons. The average Bonchev–Trinajstić information content (AvgIpc) is 3.88. The molecule has 0 saturated heterocycles. The molecular weight excluding hydrogens is 667 g/mol. The Morgan fingerprint density at radius 2 is 0.942 bits per heavy atom. The van der Waals surface area contributed by atoms with E-state index >= 15 is 0 Å². The predicted octanol–water partition coefficient (Wildman–Crippen LogP) is 14.3. The summed E-state index contributed by atoms with van der Waals surface area (Å²) in [6, 6.07) is 69.7. The molecule has 0 bridgehead atoms. The van der Waals surface area contributed by atoms with Gasteiger partial charge in [0.25, 0.3) is 0 Å². The van der Waals surface area contributed by atoms with E-state index in [-0.39, 0.29) is 0 Å². The van der Waals surface area contributed by atoms with E-state index in [1.54, 1.807) is 0 Å². The van der Waals surface area contributed by atoms with Gasteiger partial charge in [0.2, 0.25) is 0 Å². The first-order chi connectivity index (χ1) is 25.8. The van der Waals surface area contributed by atoms with Crippen LogP contribution >= 0.6 is 22.7 Å². The van der Waals surface area contributed by atoms with E-state index < -0.39 is 5.41 Å². The van der Waals surface area contributed by atoms with E-state index in [9.17, 15) is 0 Å². The van der Waals surface area contributed by atoms with Gasteiger partial charge < -0.3 is 4.90 Å². The number of hydrogen-bond donors (Lipinski definition) is 0. The molecule has 0 fully saturated rings. The quantitative estimate of drug-likeness (QED) is 0.173. The van der Waals surface area contributed by atoms with Gasteiger partial charge in [-0.3, -0.25) is 0 Å². The molecule has 0 atom stereocenters. The van der Waals surface area contributed by atoms with Gasteiger partial charge in [-0.2, -0.15) is 0 Å². The summed E-state index contributed by atoms with van der Waals surface area (Å²) in [5.41, 5.74) is 10.8. The molecule has 0 amide bonds. The zero-order chi connectivity index (χ0) is 34.2. The van der Waals surface area contributed by atoms with Crippen molar-refractivity contribution in [1.82, 2.24) is 0 Å². The number of hydrogen-bond acceptors (Lipinski definition) is 3. The highest BCUT2D eigenvalue weighted by molar-refractivity contribution is 7.26. The highest BCUT2D eigenvalue weighted by Gasteiger charge is 2.47. The molecule has 2 aromatic heterocycles. The largest absolute Gasteiger partial charge is 0.308 e. The first-order valence-corrected chi connectivity index (χ1v) is 19.4. The monoisotopic (exact) mass is 697 g/mol. The fourth-order valence-electron chi connectivity index (χ4n) is 8.83. The summed E-state index contributed by atoms with van der Waals surface area (Å²) in [6.45, 7) is 0. The zero-order valence-electron chi connectivity index (χ0n) is 28.2. The number of fused-ring (bicyclic) bond motifs is 9. The van der Waals surface area contributed by atoms with Gasteiger partial charge in [-0.15, -0.1) is 22.7 Å². The van der Waals surface area contributed by atoms with E-state index in [0.29, 0.717) is 0 Å². The minimum absolute atomic E-state index is 0.477. The molecule has 52 heavy (non-hydrogen) atoms. The van der Waals surface area contributed by atoms with Gasteiger partial charge in [0.1, 0.15) is 0 Å². The van der Waals surface area contributed by atoms with Crippen molar-refractivity contribution in [2.75, 3.05) is 4.90 Å². The van der Waals surface area contributed by atoms with Crippen molar-refractivity contribution in [3.63, 3.8) is 0 Å². The lowest BCUT2D eigenvalue weighted by molar-refractivity contribution is 0.768. The molecule has 0 saturated carbocycles. The lowest BCUT2D eigenvalue weighted by Crippen LogP contribution is -2.28. The lowest BCUT2D eigenvalue weighted by atomic mass is 9.68. The smallest absolute Gasteiger partial charge is 0.0714 e.